The standard InChI is InChI=1S/C26H27F3N2O.C26H25F3N2O.C17H12F3N5O.C10H17FO.2C3H7FO/c2*1-17(32)15-18-7-6-8-20(16-18)25-23-10-5-3-2-4-9-22(23)24(30-31-25)19-11-13-21(14-12-19)26(27,28)29;1-10(26)7-11-3-2-4-12(8-11)15-22-24-16(25-23-15)14-6-5-13(9-21-14)17(18,19)20;11-8-9-12-10-6-4-2-1-3-5-7-10;2*1-5-3-2-4/h6-8,11-14,16,22-23H,2-5,9-10,15H2,1H3;6-8,11-14,16H,2-5,9-10,15H2,1H3;2-6,8-9H,7H2,1H3;1-2,10H,3-9H2;2*2-3H2,1H3/b;;;2-1+;;/t22-,23-;;;10-;;/m1..1../s1. The number of alkyl halides is 12. The van der Waals surface area contributed by atoms with E-state index in [0.717, 1.165) is 189 Å². The minimum atomic E-state index is -4.46. The third kappa shape index (κ3) is 29.2. The molecular weight excluding hydrogens is 1470 g/mol. The molecule has 27 heteroatoms. The average molecular weight is 1570 g/mol. The molecule has 0 saturated heterocycles. The zero-order chi connectivity index (χ0) is 81.1. The van der Waals surface area contributed by atoms with Crippen molar-refractivity contribution in [1.29, 1.82) is 0 Å². The molecule has 4 aliphatic rings. The highest BCUT2D eigenvalue weighted by Crippen LogP contribution is 2.40. The minimum absolute atomic E-state index is 0.0161. The normalized spacial score (nSPS) is 16.6. The van der Waals surface area contributed by atoms with E-state index in [0.29, 0.717) is 53.9 Å². The molecule has 1 saturated carbocycles. The number of Topliss-reactive ketones (excluding diaryl/α,β-unsaturated/α-hetero) is 3. The van der Waals surface area contributed by atoms with Crippen LogP contribution in [-0.2, 0) is 79.2 Å². The van der Waals surface area contributed by atoms with E-state index in [2.05, 4.69) is 67.4 Å². The van der Waals surface area contributed by atoms with Gasteiger partial charge in [-0.15, -0.1) is 30.6 Å². The fourth-order valence-corrected chi connectivity index (χ4v) is 13.2. The van der Waals surface area contributed by atoms with Crippen LogP contribution >= 0.6 is 0 Å². The van der Waals surface area contributed by atoms with Crippen LogP contribution in [0.2, 0.25) is 0 Å². The molecule has 112 heavy (non-hydrogen) atoms. The summed E-state index contributed by atoms with van der Waals surface area (Å²) in [6.45, 7) is 4.25. The van der Waals surface area contributed by atoms with Gasteiger partial charge in [0.05, 0.1) is 65.4 Å². The van der Waals surface area contributed by atoms with Crippen molar-refractivity contribution in [3.05, 3.63) is 207 Å². The number of carbonyl (C=O) groups is 3. The molecule has 0 amide bonds. The van der Waals surface area contributed by atoms with Gasteiger partial charge < -0.3 is 14.2 Å². The quantitative estimate of drug-likeness (QED) is 0.0549. The second-order valence-electron chi connectivity index (χ2n) is 27.3. The van der Waals surface area contributed by atoms with Gasteiger partial charge in [-0.1, -0.05) is 130 Å². The van der Waals surface area contributed by atoms with E-state index in [1.165, 1.54) is 58.3 Å². The Hall–Kier alpha value is -9.60. The number of hydrogen-bond donors (Lipinski definition) is 0. The highest BCUT2D eigenvalue weighted by Gasteiger charge is 2.37. The topological polar surface area (TPSA) is 194 Å². The molecule has 1 fully saturated rings. The highest BCUT2D eigenvalue weighted by atomic mass is 19.4. The van der Waals surface area contributed by atoms with Gasteiger partial charge in [-0.05, 0) is 185 Å². The van der Waals surface area contributed by atoms with Crippen molar-refractivity contribution in [2.24, 2.45) is 22.0 Å². The van der Waals surface area contributed by atoms with Crippen molar-refractivity contribution in [3.63, 3.8) is 0 Å². The first-order valence-corrected chi connectivity index (χ1v) is 37.4. The summed E-state index contributed by atoms with van der Waals surface area (Å²) in [5.74, 6) is 0.783. The van der Waals surface area contributed by atoms with E-state index in [9.17, 15) is 67.1 Å². The maximum atomic E-state index is 13.0. The third-order valence-corrected chi connectivity index (χ3v) is 18.5. The number of methoxy groups -OCH3 is 2. The van der Waals surface area contributed by atoms with Crippen molar-refractivity contribution in [1.82, 2.24) is 35.6 Å². The van der Waals surface area contributed by atoms with E-state index in [-0.39, 0.29) is 86.4 Å². The molecule has 0 bridgehead atoms. The smallest absolute Gasteiger partial charge is 0.382 e. The van der Waals surface area contributed by atoms with Crippen LogP contribution < -0.4 is 0 Å². The molecule has 12 rings (SSSR count). The average Bonchev–Trinajstić information content (AvgIpc) is 0.779. The van der Waals surface area contributed by atoms with Crippen LogP contribution in [0.5, 0.6) is 0 Å². The lowest BCUT2D eigenvalue weighted by molar-refractivity contribution is -0.138. The number of rotatable bonds is 19. The predicted octanol–water partition coefficient (Wildman–Crippen LogP) is 20.5. The van der Waals surface area contributed by atoms with Crippen molar-refractivity contribution in [3.8, 4) is 45.4 Å². The van der Waals surface area contributed by atoms with Gasteiger partial charge in [0, 0.05) is 68.2 Å². The van der Waals surface area contributed by atoms with Crippen LogP contribution in [0.3, 0.4) is 0 Å². The van der Waals surface area contributed by atoms with Crippen molar-refractivity contribution < 1.29 is 81.3 Å². The molecule has 3 aromatic heterocycles. The maximum Gasteiger partial charge on any atom is 0.417 e. The molecule has 4 heterocycles. The Labute approximate surface area is 645 Å². The number of ether oxygens (including phenoxy) is 3. The maximum absolute atomic E-state index is 13.0. The molecular formula is C85H95F12N9O6. The van der Waals surface area contributed by atoms with E-state index in [1.54, 1.807) is 32.0 Å². The number of carbonyl (C=O) groups excluding carboxylic acids is 3. The summed E-state index contributed by atoms with van der Waals surface area (Å²) in [5.41, 5.74) is 9.94. The summed E-state index contributed by atoms with van der Waals surface area (Å²) in [4.78, 5) is 38.1. The molecule has 5 aromatic carbocycles. The zero-order valence-electron chi connectivity index (χ0n) is 63.6. The summed E-state index contributed by atoms with van der Waals surface area (Å²) in [6.07, 6.45) is 11.2. The van der Waals surface area contributed by atoms with E-state index in [4.69, 9.17) is 4.74 Å². The summed E-state index contributed by atoms with van der Waals surface area (Å²) in [7, 11) is 2.94. The van der Waals surface area contributed by atoms with Gasteiger partial charge in [0.2, 0.25) is 11.6 Å². The Morgan fingerprint density at radius 2 is 0.830 bits per heavy atom. The Balaban J connectivity index is 0.000000206. The number of hydrogen-bond acceptors (Lipinski definition) is 15. The Kier molecular flexibility index (Phi) is 36.6. The van der Waals surface area contributed by atoms with Gasteiger partial charge in [0.15, 0.2) is 0 Å². The van der Waals surface area contributed by atoms with Crippen molar-refractivity contribution in [2.75, 3.05) is 54.1 Å². The monoisotopic (exact) mass is 1570 g/mol. The molecule has 1 aliphatic heterocycles. The first-order valence-electron chi connectivity index (χ1n) is 37.4. The summed E-state index contributed by atoms with van der Waals surface area (Å²) >= 11 is 0. The number of pyridine rings is 1. The number of halogens is 12. The number of nitrogens with zero attached hydrogens (tertiary/aromatic N) is 9. The zero-order valence-corrected chi connectivity index (χ0v) is 63.6. The molecule has 600 valence electrons. The molecule has 0 spiro atoms. The largest absolute Gasteiger partial charge is 0.417 e. The van der Waals surface area contributed by atoms with Gasteiger partial charge in [-0.3, -0.25) is 19.4 Å². The molecule has 8 aromatic rings. The van der Waals surface area contributed by atoms with E-state index >= 15 is 0 Å². The number of allylic oxidation sites excluding steroid dienone is 2. The molecule has 15 nitrogen and oxygen atoms in total. The van der Waals surface area contributed by atoms with Crippen LogP contribution in [0.25, 0.3) is 45.4 Å². The number of ketones is 3. The Bertz CT molecular complexity index is 4320. The molecule has 0 unspecified atom stereocenters. The number of fused-ring (bicyclic) bond motifs is 2. The van der Waals surface area contributed by atoms with Crippen molar-refractivity contribution in [2.45, 2.75) is 174 Å². The second-order valence-corrected chi connectivity index (χ2v) is 27.3. The summed E-state index contributed by atoms with van der Waals surface area (Å²) in [6, 6.07) is 35.4. The first kappa shape index (κ1) is 89.6. The second kappa shape index (κ2) is 45.8. The SMILES string of the molecule is CC(=O)Cc1cccc(-c2nnc(-c3ccc(C(F)(F)F)cc3)c3c2CCCCCC3)c1.CC(=O)Cc1cccc(-c2nnc(-c3ccc(C(F)(F)F)cn3)nn2)c1.CC(=O)Cc1cccc(C2=NN=C(c3ccc(C(F)(F)F)cc3)[C@@H]3CCCCCC[C@@H]23)c1.COCCF.COCCF.FCCO[C@@H]1CC/C=C/CCC1. The van der Waals surface area contributed by atoms with Gasteiger partial charge in [0.1, 0.15) is 43.1 Å². The summed E-state index contributed by atoms with van der Waals surface area (Å²) in [5, 5.41) is 33.8. The highest BCUT2D eigenvalue weighted by molar-refractivity contribution is 6.11. The van der Waals surface area contributed by atoms with Crippen LogP contribution in [-0.4, -0.2) is 125 Å². The lowest BCUT2D eigenvalue weighted by Crippen LogP contribution is -2.35. The third-order valence-electron chi connectivity index (χ3n) is 18.5. The van der Waals surface area contributed by atoms with Gasteiger partial charge >= 0.3 is 18.5 Å². The van der Waals surface area contributed by atoms with Gasteiger partial charge in [-0.25, -0.2) is 13.2 Å². The van der Waals surface area contributed by atoms with E-state index in [1.807, 2.05) is 54.6 Å². The fourth-order valence-electron chi connectivity index (χ4n) is 13.2. The van der Waals surface area contributed by atoms with Crippen molar-refractivity contribution >= 4 is 28.8 Å². The van der Waals surface area contributed by atoms with Crippen LogP contribution in [0, 0.1) is 11.8 Å². The summed E-state index contributed by atoms with van der Waals surface area (Å²) < 4.78 is 163. The van der Waals surface area contributed by atoms with Crippen LogP contribution in [0.15, 0.2) is 162 Å². The number of benzene rings is 5. The van der Waals surface area contributed by atoms with Crippen LogP contribution in [0.4, 0.5) is 52.7 Å². The van der Waals surface area contributed by atoms with Crippen LogP contribution in [0.1, 0.15) is 173 Å². The fraction of sp³-hybridized carbons (Fsp3) is 0.435. The Morgan fingerprint density at radius 3 is 1.29 bits per heavy atom. The van der Waals surface area contributed by atoms with E-state index < -0.39 is 35.2 Å². The Morgan fingerprint density at radius 1 is 0.411 bits per heavy atom. The molecule has 3 aliphatic carbocycles. The molecule has 0 radical (unpaired) electrons. The molecule has 3 atom stereocenters. The minimum Gasteiger partial charge on any atom is -0.382 e. The first-order chi connectivity index (χ1) is 53.7. The number of aromatic nitrogens is 7. The lowest BCUT2D eigenvalue weighted by atomic mass is 9.73. The predicted molar refractivity (Wildman–Crippen MR) is 408 cm³/mol. The molecule has 0 N–H and O–H groups in total. The van der Waals surface area contributed by atoms with Gasteiger partial charge in [0.25, 0.3) is 0 Å². The van der Waals surface area contributed by atoms with Gasteiger partial charge in [-0.2, -0.15) is 49.7 Å². The lowest BCUT2D eigenvalue weighted by Gasteiger charge is -2.33.